The summed E-state index contributed by atoms with van der Waals surface area (Å²) < 4.78 is 12.9. The van der Waals surface area contributed by atoms with Gasteiger partial charge >= 0.3 is 0 Å². The smallest absolute Gasteiger partial charge is 0.164 e. The topological polar surface area (TPSA) is 65.0 Å². The maximum atomic E-state index is 6.56. The Bertz CT molecular complexity index is 3180. The van der Waals surface area contributed by atoms with Crippen molar-refractivity contribution in [3.05, 3.63) is 158 Å². The van der Waals surface area contributed by atoms with Gasteiger partial charge in [-0.05, 0) is 81.4 Å². The summed E-state index contributed by atoms with van der Waals surface area (Å²) in [5.74, 6) is 2.36. The van der Waals surface area contributed by atoms with Crippen LogP contribution in [-0.4, -0.2) is 15.0 Å². The highest BCUT2D eigenvalue weighted by atomic mass is 16.3. The molecule has 0 bridgehead atoms. The highest BCUT2D eigenvalue weighted by molar-refractivity contribution is 6.18. The van der Waals surface area contributed by atoms with Crippen LogP contribution in [0.15, 0.2) is 161 Å². The molecule has 0 amide bonds. The number of allylic oxidation sites excluding steroid dienone is 4. The third-order valence-corrected chi connectivity index (χ3v) is 10.7. The summed E-state index contributed by atoms with van der Waals surface area (Å²) >= 11 is 0. The van der Waals surface area contributed by atoms with E-state index in [0.717, 1.165) is 78.1 Å². The third kappa shape index (κ3) is 4.81. The second kappa shape index (κ2) is 11.6. The first-order valence-electron chi connectivity index (χ1n) is 18.1. The molecule has 0 spiro atoms. The van der Waals surface area contributed by atoms with E-state index in [9.17, 15) is 0 Å². The van der Waals surface area contributed by atoms with Gasteiger partial charge in [0, 0.05) is 38.2 Å². The van der Waals surface area contributed by atoms with Crippen LogP contribution in [0, 0.1) is 5.92 Å². The van der Waals surface area contributed by atoms with Crippen molar-refractivity contribution >= 4 is 71.0 Å². The van der Waals surface area contributed by atoms with E-state index < -0.39 is 0 Å². The molecular weight excluding hydrogens is 651 g/mol. The fourth-order valence-electron chi connectivity index (χ4n) is 7.98. The number of furan rings is 2. The highest BCUT2D eigenvalue weighted by Crippen LogP contribution is 2.42. The standard InChI is InChI=1S/C48H31N3O2/c1-28-16-18-31(19-17-28)46-49-47(33-23-22-30-21-20-29-8-2-3-9-34(29)39(30)26-33)51-48(50-46)38-12-7-15-42-45(38)44-35(11-6-14-41(44)53-42)32-24-25-37-36-10-4-5-13-40(36)52-43(37)27-32/h2-16,18-28H,17H2,1H3. The zero-order valence-corrected chi connectivity index (χ0v) is 28.9. The van der Waals surface area contributed by atoms with Gasteiger partial charge in [0.2, 0.25) is 0 Å². The quantitative estimate of drug-likeness (QED) is 0.173. The van der Waals surface area contributed by atoms with Gasteiger partial charge in [-0.3, -0.25) is 0 Å². The van der Waals surface area contributed by atoms with Gasteiger partial charge in [-0.15, -0.1) is 0 Å². The van der Waals surface area contributed by atoms with Gasteiger partial charge in [-0.1, -0.05) is 122 Å². The van der Waals surface area contributed by atoms with Crippen molar-refractivity contribution in [1.29, 1.82) is 0 Å². The summed E-state index contributed by atoms with van der Waals surface area (Å²) in [5.41, 5.74) is 8.26. The van der Waals surface area contributed by atoms with Crippen molar-refractivity contribution < 1.29 is 8.83 Å². The minimum atomic E-state index is 0.469. The van der Waals surface area contributed by atoms with E-state index in [-0.39, 0.29) is 0 Å². The SMILES string of the molecule is CC1C=CC(c2nc(-c3ccc4ccc5ccccc5c4c3)nc(-c3cccc4oc5cccc(-c6ccc7c(c6)oc6ccccc67)c5c34)n2)=CC1. The van der Waals surface area contributed by atoms with Gasteiger partial charge < -0.3 is 8.83 Å². The van der Waals surface area contributed by atoms with Crippen molar-refractivity contribution in [3.63, 3.8) is 0 Å². The maximum absolute atomic E-state index is 6.56. The van der Waals surface area contributed by atoms with Crippen LogP contribution in [-0.2, 0) is 0 Å². The zero-order chi connectivity index (χ0) is 35.0. The summed E-state index contributed by atoms with van der Waals surface area (Å²) in [6.45, 7) is 2.22. The number of rotatable bonds is 4. The molecule has 11 rings (SSSR count). The lowest BCUT2D eigenvalue weighted by Gasteiger charge is -2.14. The molecule has 5 heteroatoms. The number of aromatic nitrogens is 3. The lowest BCUT2D eigenvalue weighted by molar-refractivity contribution is 0.668. The van der Waals surface area contributed by atoms with Crippen LogP contribution in [0.2, 0.25) is 0 Å². The number of fused-ring (bicyclic) bond motifs is 9. The number of nitrogens with zero attached hydrogens (tertiary/aromatic N) is 3. The Labute approximate surface area is 304 Å². The summed E-state index contributed by atoms with van der Waals surface area (Å²) in [6, 6.07) is 46.4. The first kappa shape index (κ1) is 29.8. The van der Waals surface area contributed by atoms with Crippen LogP contribution in [0.5, 0.6) is 0 Å². The van der Waals surface area contributed by atoms with Gasteiger partial charge in [0.05, 0.1) is 0 Å². The van der Waals surface area contributed by atoms with E-state index in [2.05, 4.69) is 116 Å². The van der Waals surface area contributed by atoms with Crippen molar-refractivity contribution in [2.24, 2.45) is 5.92 Å². The third-order valence-electron chi connectivity index (χ3n) is 10.7. The van der Waals surface area contributed by atoms with Crippen LogP contribution in [0.25, 0.3) is 105 Å². The largest absolute Gasteiger partial charge is 0.456 e. The highest BCUT2D eigenvalue weighted by Gasteiger charge is 2.21. The van der Waals surface area contributed by atoms with E-state index in [1.165, 1.54) is 21.5 Å². The number of hydrogen-bond donors (Lipinski definition) is 0. The van der Waals surface area contributed by atoms with Crippen LogP contribution < -0.4 is 0 Å². The molecule has 0 saturated heterocycles. The fourth-order valence-corrected chi connectivity index (χ4v) is 7.98. The van der Waals surface area contributed by atoms with Crippen LogP contribution in [0.4, 0.5) is 0 Å². The molecule has 10 aromatic rings. The maximum Gasteiger partial charge on any atom is 0.164 e. The molecule has 1 unspecified atom stereocenters. The summed E-state index contributed by atoms with van der Waals surface area (Å²) in [5, 5.41) is 8.95. The molecule has 0 saturated carbocycles. The Morgan fingerprint density at radius 3 is 1.98 bits per heavy atom. The van der Waals surface area contributed by atoms with Crippen molar-refractivity contribution in [2.75, 3.05) is 0 Å². The Morgan fingerprint density at radius 2 is 1.13 bits per heavy atom. The Hall–Kier alpha value is -6.85. The Morgan fingerprint density at radius 1 is 0.491 bits per heavy atom. The van der Waals surface area contributed by atoms with Crippen molar-refractivity contribution in [2.45, 2.75) is 13.3 Å². The average Bonchev–Trinajstić information content (AvgIpc) is 3.79. The Kier molecular flexibility index (Phi) is 6.52. The van der Waals surface area contributed by atoms with E-state index in [4.69, 9.17) is 23.8 Å². The number of benzene rings is 7. The molecule has 3 heterocycles. The minimum Gasteiger partial charge on any atom is -0.456 e. The van der Waals surface area contributed by atoms with Gasteiger partial charge in [0.25, 0.3) is 0 Å². The molecular formula is C48H31N3O2. The molecule has 53 heavy (non-hydrogen) atoms. The summed E-state index contributed by atoms with van der Waals surface area (Å²) in [7, 11) is 0. The van der Waals surface area contributed by atoms with Crippen molar-refractivity contribution in [3.8, 4) is 33.9 Å². The molecule has 0 radical (unpaired) electrons. The predicted molar refractivity (Wildman–Crippen MR) is 217 cm³/mol. The molecule has 1 atom stereocenters. The van der Waals surface area contributed by atoms with E-state index in [1.807, 2.05) is 42.5 Å². The van der Waals surface area contributed by atoms with Gasteiger partial charge in [-0.2, -0.15) is 0 Å². The minimum absolute atomic E-state index is 0.469. The van der Waals surface area contributed by atoms with E-state index in [1.54, 1.807) is 0 Å². The first-order chi connectivity index (χ1) is 26.1. The molecule has 1 aliphatic rings. The summed E-state index contributed by atoms with van der Waals surface area (Å²) in [6.07, 6.45) is 7.55. The molecule has 0 N–H and O–H groups in total. The second-order valence-corrected chi connectivity index (χ2v) is 14.0. The molecule has 7 aromatic carbocycles. The van der Waals surface area contributed by atoms with Gasteiger partial charge in [0.15, 0.2) is 17.5 Å². The lowest BCUT2D eigenvalue weighted by Crippen LogP contribution is -2.04. The van der Waals surface area contributed by atoms with Gasteiger partial charge in [-0.25, -0.2) is 15.0 Å². The van der Waals surface area contributed by atoms with E-state index >= 15 is 0 Å². The molecule has 0 aliphatic heterocycles. The predicted octanol–water partition coefficient (Wildman–Crippen LogP) is 13.0. The average molecular weight is 682 g/mol. The Balaban J connectivity index is 1.14. The zero-order valence-electron chi connectivity index (χ0n) is 28.9. The molecule has 5 nitrogen and oxygen atoms in total. The van der Waals surface area contributed by atoms with E-state index in [0.29, 0.717) is 23.4 Å². The molecule has 1 aliphatic carbocycles. The molecule has 0 fully saturated rings. The van der Waals surface area contributed by atoms with Crippen LogP contribution in [0.1, 0.15) is 19.2 Å². The monoisotopic (exact) mass is 681 g/mol. The summed E-state index contributed by atoms with van der Waals surface area (Å²) in [4.78, 5) is 15.6. The number of hydrogen-bond acceptors (Lipinski definition) is 5. The van der Waals surface area contributed by atoms with Crippen LogP contribution >= 0.6 is 0 Å². The van der Waals surface area contributed by atoms with Crippen LogP contribution in [0.3, 0.4) is 0 Å². The second-order valence-electron chi connectivity index (χ2n) is 14.0. The molecule has 3 aromatic heterocycles. The first-order valence-corrected chi connectivity index (χ1v) is 18.1. The van der Waals surface area contributed by atoms with Crippen molar-refractivity contribution in [1.82, 2.24) is 15.0 Å². The fraction of sp³-hybridized carbons (Fsp3) is 0.0625. The normalized spacial score (nSPS) is 14.7. The lowest BCUT2D eigenvalue weighted by atomic mass is 9.96. The molecule has 250 valence electrons. The number of para-hydroxylation sites is 1. The van der Waals surface area contributed by atoms with Gasteiger partial charge in [0.1, 0.15) is 22.3 Å².